The number of carbonyl (C=O) groups is 1. The second-order valence-electron chi connectivity index (χ2n) is 7.64. The van der Waals surface area contributed by atoms with Crippen molar-refractivity contribution in [1.29, 1.82) is 0 Å². The van der Waals surface area contributed by atoms with Crippen molar-refractivity contribution in [3.63, 3.8) is 0 Å². The van der Waals surface area contributed by atoms with E-state index in [4.69, 9.17) is 9.47 Å². The summed E-state index contributed by atoms with van der Waals surface area (Å²) in [5.74, 6) is 0.801. The van der Waals surface area contributed by atoms with Gasteiger partial charge < -0.3 is 14.8 Å². The molecular weight excluding hydrogens is 428 g/mol. The number of nitrogens with zero attached hydrogens (tertiary/aromatic N) is 4. The molecule has 1 aromatic carbocycles. The summed E-state index contributed by atoms with van der Waals surface area (Å²) in [6.07, 6.45) is 5.06. The van der Waals surface area contributed by atoms with E-state index in [9.17, 15) is 4.79 Å². The van der Waals surface area contributed by atoms with E-state index >= 15 is 0 Å². The van der Waals surface area contributed by atoms with Crippen molar-refractivity contribution in [3.8, 4) is 5.75 Å². The van der Waals surface area contributed by atoms with Crippen LogP contribution >= 0.6 is 11.3 Å². The largest absolute Gasteiger partial charge is 0.497 e. The molecular formula is C22H26N6O3S. The smallest absolute Gasteiger partial charge is 0.259 e. The zero-order chi connectivity index (χ0) is 22.3. The van der Waals surface area contributed by atoms with Gasteiger partial charge in [-0.25, -0.2) is 0 Å². The van der Waals surface area contributed by atoms with Crippen LogP contribution in [0.15, 0.2) is 42.6 Å². The zero-order valence-electron chi connectivity index (χ0n) is 18.0. The van der Waals surface area contributed by atoms with Crippen LogP contribution in [-0.4, -0.2) is 46.6 Å². The Bertz CT molecular complexity index is 1020. The molecule has 1 atom stereocenters. The molecule has 4 rings (SSSR count). The summed E-state index contributed by atoms with van der Waals surface area (Å²) in [5, 5.41) is 23.9. The summed E-state index contributed by atoms with van der Waals surface area (Å²) >= 11 is 1.31. The van der Waals surface area contributed by atoms with Crippen LogP contribution in [0.3, 0.4) is 0 Å². The molecule has 0 spiro atoms. The Kier molecular flexibility index (Phi) is 7.23. The number of carbonyl (C=O) groups excluding carboxylic acids is 1. The Hall–Kier alpha value is -3.11. The molecule has 0 aliphatic heterocycles. The van der Waals surface area contributed by atoms with Gasteiger partial charge in [-0.1, -0.05) is 23.5 Å². The SMILES string of the molecule is COc1cccc([C@@H](OC)C(=O)Nc2nnc(N[C@H]3CC[C@H](c4cccnn4)CC3)s2)c1. The quantitative estimate of drug-likeness (QED) is 0.529. The predicted octanol–water partition coefficient (Wildman–Crippen LogP) is 3.80. The van der Waals surface area contributed by atoms with Gasteiger partial charge in [0.25, 0.3) is 5.91 Å². The lowest BCUT2D eigenvalue weighted by atomic mass is 9.84. The highest BCUT2D eigenvalue weighted by Gasteiger charge is 2.25. The van der Waals surface area contributed by atoms with Crippen molar-refractivity contribution in [2.24, 2.45) is 0 Å². The van der Waals surface area contributed by atoms with E-state index in [1.54, 1.807) is 19.4 Å². The highest BCUT2D eigenvalue weighted by molar-refractivity contribution is 7.19. The standard InChI is InChI=1S/C22H26N6O3S/c1-30-17-6-3-5-15(13-17)19(31-2)20(29)25-22-28-27-21(32-22)24-16-10-8-14(9-11-16)18-7-4-12-23-26-18/h3-7,12-14,16,19H,8-11H2,1-2H3,(H,24,27)(H,25,28,29)/t14-,16-,19-/m1/s1. The molecule has 2 N–H and O–H groups in total. The van der Waals surface area contributed by atoms with Crippen molar-refractivity contribution in [1.82, 2.24) is 20.4 Å². The third kappa shape index (κ3) is 5.38. The van der Waals surface area contributed by atoms with E-state index in [1.807, 2.05) is 30.3 Å². The van der Waals surface area contributed by atoms with E-state index < -0.39 is 6.10 Å². The summed E-state index contributed by atoms with van der Waals surface area (Å²) in [4.78, 5) is 12.7. The van der Waals surface area contributed by atoms with Gasteiger partial charge in [-0.05, 0) is 55.5 Å². The molecule has 1 amide bonds. The molecule has 1 aliphatic rings. The average Bonchev–Trinajstić information content (AvgIpc) is 3.27. The summed E-state index contributed by atoms with van der Waals surface area (Å²) in [5.41, 5.74) is 1.77. The molecule has 1 fully saturated rings. The van der Waals surface area contributed by atoms with Gasteiger partial charge in [0.1, 0.15) is 5.75 Å². The molecule has 3 aromatic rings. The summed E-state index contributed by atoms with van der Waals surface area (Å²) in [6, 6.07) is 11.5. The normalized spacial score (nSPS) is 19.2. The van der Waals surface area contributed by atoms with Crippen LogP contribution in [0, 0.1) is 0 Å². The molecule has 1 aliphatic carbocycles. The van der Waals surface area contributed by atoms with Gasteiger partial charge in [0, 0.05) is 25.3 Å². The number of hydrogen-bond donors (Lipinski definition) is 2. The average molecular weight is 455 g/mol. The third-order valence-electron chi connectivity index (χ3n) is 5.59. The van der Waals surface area contributed by atoms with Crippen molar-refractivity contribution in [2.75, 3.05) is 24.9 Å². The number of anilines is 2. The first-order valence-corrected chi connectivity index (χ1v) is 11.3. The fourth-order valence-corrected chi connectivity index (χ4v) is 4.67. The lowest BCUT2D eigenvalue weighted by Crippen LogP contribution is -2.25. The molecule has 168 valence electrons. The van der Waals surface area contributed by atoms with E-state index in [0.29, 0.717) is 33.5 Å². The van der Waals surface area contributed by atoms with Crippen LogP contribution in [0.25, 0.3) is 0 Å². The fourth-order valence-electron chi connectivity index (χ4n) is 3.94. The maximum absolute atomic E-state index is 12.7. The third-order valence-corrected chi connectivity index (χ3v) is 6.36. The van der Waals surface area contributed by atoms with E-state index in [0.717, 1.165) is 31.4 Å². The van der Waals surface area contributed by atoms with Gasteiger partial charge in [0.15, 0.2) is 6.10 Å². The Morgan fingerprint density at radius 3 is 2.59 bits per heavy atom. The molecule has 0 bridgehead atoms. The summed E-state index contributed by atoms with van der Waals surface area (Å²) in [7, 11) is 3.08. The number of nitrogens with one attached hydrogen (secondary N) is 2. The number of amides is 1. The molecule has 10 heteroatoms. The van der Waals surface area contributed by atoms with Gasteiger partial charge in [0.05, 0.1) is 12.8 Å². The lowest BCUT2D eigenvalue weighted by molar-refractivity contribution is -0.126. The molecule has 2 heterocycles. The number of rotatable bonds is 8. The highest BCUT2D eigenvalue weighted by atomic mass is 32.1. The fraction of sp³-hybridized carbons (Fsp3) is 0.409. The molecule has 2 aromatic heterocycles. The van der Waals surface area contributed by atoms with Gasteiger partial charge in [-0.2, -0.15) is 10.2 Å². The van der Waals surface area contributed by atoms with Crippen molar-refractivity contribution < 1.29 is 14.3 Å². The van der Waals surface area contributed by atoms with Gasteiger partial charge in [-0.15, -0.1) is 10.2 Å². The Morgan fingerprint density at radius 1 is 1.06 bits per heavy atom. The minimum absolute atomic E-state index is 0.312. The highest BCUT2D eigenvalue weighted by Crippen LogP contribution is 2.33. The van der Waals surface area contributed by atoms with Crippen molar-refractivity contribution in [3.05, 3.63) is 53.9 Å². The number of aromatic nitrogens is 4. The number of hydrogen-bond acceptors (Lipinski definition) is 9. The van der Waals surface area contributed by atoms with Crippen LogP contribution < -0.4 is 15.4 Å². The monoisotopic (exact) mass is 454 g/mol. The van der Waals surface area contributed by atoms with E-state index in [2.05, 4.69) is 31.0 Å². The van der Waals surface area contributed by atoms with E-state index in [1.165, 1.54) is 18.4 Å². The number of methoxy groups -OCH3 is 2. The zero-order valence-corrected chi connectivity index (χ0v) is 18.8. The van der Waals surface area contributed by atoms with Crippen LogP contribution in [0.2, 0.25) is 0 Å². The van der Waals surface area contributed by atoms with Crippen molar-refractivity contribution >= 4 is 27.5 Å². The Morgan fingerprint density at radius 2 is 1.88 bits per heavy atom. The minimum Gasteiger partial charge on any atom is -0.497 e. The lowest BCUT2D eigenvalue weighted by Gasteiger charge is -2.28. The topological polar surface area (TPSA) is 111 Å². The maximum Gasteiger partial charge on any atom is 0.259 e. The van der Waals surface area contributed by atoms with Crippen molar-refractivity contribution in [2.45, 2.75) is 43.7 Å². The second-order valence-corrected chi connectivity index (χ2v) is 8.61. The summed E-state index contributed by atoms with van der Waals surface area (Å²) in [6.45, 7) is 0. The van der Waals surface area contributed by atoms with Gasteiger partial charge in [0.2, 0.25) is 10.3 Å². The maximum atomic E-state index is 12.7. The van der Waals surface area contributed by atoms with Crippen LogP contribution in [0.4, 0.5) is 10.3 Å². The Labute approximate surface area is 190 Å². The van der Waals surface area contributed by atoms with Crippen LogP contribution in [0.1, 0.15) is 49.0 Å². The first kappa shape index (κ1) is 22.1. The molecule has 32 heavy (non-hydrogen) atoms. The molecule has 1 saturated carbocycles. The predicted molar refractivity (Wildman–Crippen MR) is 122 cm³/mol. The first-order chi connectivity index (χ1) is 15.7. The molecule has 0 radical (unpaired) electrons. The van der Waals surface area contributed by atoms with Gasteiger partial charge in [-0.3, -0.25) is 10.1 Å². The molecule has 0 saturated heterocycles. The van der Waals surface area contributed by atoms with Gasteiger partial charge >= 0.3 is 0 Å². The van der Waals surface area contributed by atoms with E-state index in [-0.39, 0.29) is 5.91 Å². The Balaban J connectivity index is 1.31. The summed E-state index contributed by atoms with van der Waals surface area (Å²) < 4.78 is 10.6. The number of benzene rings is 1. The van der Waals surface area contributed by atoms with Crippen LogP contribution in [0.5, 0.6) is 5.75 Å². The first-order valence-electron chi connectivity index (χ1n) is 10.5. The second kappa shape index (κ2) is 10.5. The molecule has 0 unspecified atom stereocenters. The molecule has 9 nitrogen and oxygen atoms in total. The van der Waals surface area contributed by atoms with Crippen LogP contribution in [-0.2, 0) is 9.53 Å². The minimum atomic E-state index is -0.776. The number of ether oxygens (including phenoxy) is 2.